The van der Waals surface area contributed by atoms with Gasteiger partial charge in [-0.3, -0.25) is 0 Å². The van der Waals surface area contributed by atoms with Gasteiger partial charge >= 0.3 is 0 Å². The summed E-state index contributed by atoms with van der Waals surface area (Å²) in [5, 5.41) is 0. The Balaban J connectivity index is 2.97. The lowest BCUT2D eigenvalue weighted by Gasteiger charge is -2.24. The highest BCUT2D eigenvalue weighted by Gasteiger charge is 2.20. The molecule has 2 atom stereocenters. The van der Waals surface area contributed by atoms with E-state index < -0.39 is 0 Å². The van der Waals surface area contributed by atoms with Crippen molar-refractivity contribution in [1.82, 2.24) is 0 Å². The smallest absolute Gasteiger partial charge is 0.0263 e. The van der Waals surface area contributed by atoms with Crippen molar-refractivity contribution in [2.75, 3.05) is 0 Å². The highest BCUT2D eigenvalue weighted by atomic mass is 14.5. The normalized spacial score (nSPS) is 14.1. The minimum absolute atomic E-state index is 0.303. The first-order valence-corrected chi connectivity index (χ1v) is 5.43. The lowest BCUT2D eigenvalue weighted by atomic mass is 9.79. The summed E-state index contributed by atoms with van der Waals surface area (Å²) in [5.41, 5.74) is 6.63. The first-order chi connectivity index (χ1) is 7.16. The van der Waals surface area contributed by atoms with Gasteiger partial charge in [-0.25, -0.2) is 0 Å². The predicted molar refractivity (Wildman–Crippen MR) is 65.1 cm³/mol. The van der Waals surface area contributed by atoms with Crippen LogP contribution in [-0.4, -0.2) is 0 Å². The average molecular weight is 201 g/mol. The number of hydrogen-bond donors (Lipinski definition) is 1. The molecular weight excluding hydrogens is 182 g/mol. The molecule has 0 heterocycles. The molecule has 1 rings (SSSR count). The second-order valence-electron chi connectivity index (χ2n) is 4.26. The van der Waals surface area contributed by atoms with Crippen molar-refractivity contribution in [2.45, 2.75) is 26.7 Å². The van der Waals surface area contributed by atoms with Crippen LogP contribution in [0.1, 0.15) is 32.3 Å². The molecule has 0 amide bonds. The van der Waals surface area contributed by atoms with Gasteiger partial charge in [0.05, 0.1) is 0 Å². The molecule has 0 aliphatic heterocycles. The van der Waals surface area contributed by atoms with Crippen LogP contribution < -0.4 is 5.73 Å². The quantitative estimate of drug-likeness (QED) is 0.590. The maximum Gasteiger partial charge on any atom is 0.0263 e. The van der Waals surface area contributed by atoms with E-state index >= 15 is 0 Å². The monoisotopic (exact) mass is 201 g/mol. The van der Waals surface area contributed by atoms with E-state index in [0.717, 1.165) is 0 Å². The fraction of sp³-hybridized carbons (Fsp3) is 0.429. The minimum Gasteiger partial charge on any atom is -0.359 e. The second-order valence-corrected chi connectivity index (χ2v) is 4.26. The van der Waals surface area contributed by atoms with Crippen LogP contribution in [0.5, 0.6) is 0 Å². The Hall–Kier alpha value is -1.42. The minimum atomic E-state index is 0.303. The molecule has 0 aromatic heterocycles. The van der Waals surface area contributed by atoms with Gasteiger partial charge in [0.1, 0.15) is 0 Å². The van der Waals surface area contributed by atoms with Crippen LogP contribution in [0.25, 0.3) is 0 Å². The van der Waals surface area contributed by atoms with Gasteiger partial charge in [-0.1, -0.05) is 57.0 Å². The maximum absolute atomic E-state index is 5.28. The summed E-state index contributed by atoms with van der Waals surface area (Å²) in [7, 11) is 0. The topological polar surface area (TPSA) is 26.0 Å². The number of benzene rings is 1. The van der Waals surface area contributed by atoms with E-state index in [1.165, 1.54) is 5.56 Å². The predicted octanol–water partition coefficient (Wildman–Crippen LogP) is 2.98. The summed E-state index contributed by atoms with van der Waals surface area (Å²) in [5.74, 6) is 4.39. The zero-order valence-electron chi connectivity index (χ0n) is 9.70. The third-order valence-corrected chi connectivity index (χ3v) is 2.75. The van der Waals surface area contributed by atoms with Crippen molar-refractivity contribution in [3.05, 3.63) is 35.9 Å². The summed E-state index contributed by atoms with van der Waals surface area (Å²) in [6.45, 7) is 6.59. The van der Waals surface area contributed by atoms with E-state index in [-0.39, 0.29) is 0 Å². The molecule has 0 fully saturated rings. The Morgan fingerprint density at radius 3 is 2.13 bits per heavy atom. The first-order valence-electron chi connectivity index (χ1n) is 5.43. The van der Waals surface area contributed by atoms with E-state index in [2.05, 4.69) is 57.0 Å². The van der Waals surface area contributed by atoms with Crippen LogP contribution in [-0.2, 0) is 0 Å². The van der Waals surface area contributed by atoms with Crippen LogP contribution in [0.3, 0.4) is 0 Å². The van der Waals surface area contributed by atoms with Crippen molar-refractivity contribution < 1.29 is 0 Å². The molecule has 2 unspecified atom stereocenters. The fourth-order valence-electron chi connectivity index (χ4n) is 2.15. The summed E-state index contributed by atoms with van der Waals surface area (Å²) in [4.78, 5) is 0. The molecule has 80 valence electrons. The van der Waals surface area contributed by atoms with Gasteiger partial charge in [-0.15, -0.1) is 0 Å². The average Bonchev–Trinajstić information content (AvgIpc) is 2.19. The Kier molecular flexibility index (Phi) is 4.24. The van der Waals surface area contributed by atoms with E-state index in [1.54, 1.807) is 0 Å². The third-order valence-electron chi connectivity index (χ3n) is 2.75. The third kappa shape index (κ3) is 3.02. The van der Waals surface area contributed by atoms with Crippen molar-refractivity contribution >= 4 is 0 Å². The number of rotatable bonds is 3. The summed E-state index contributed by atoms with van der Waals surface area (Å²) in [6.07, 6.45) is 0. The van der Waals surface area contributed by atoms with E-state index in [4.69, 9.17) is 5.73 Å². The van der Waals surface area contributed by atoms with Crippen molar-refractivity contribution in [2.24, 2.45) is 17.6 Å². The zero-order chi connectivity index (χ0) is 11.3. The number of nitrogens with two attached hydrogens (primary N) is 1. The summed E-state index contributed by atoms with van der Waals surface area (Å²) in [6, 6.07) is 13.0. The van der Waals surface area contributed by atoms with Gasteiger partial charge in [-0.2, -0.15) is 0 Å². The molecule has 0 bridgehead atoms. The molecule has 0 radical (unpaired) electrons. The Bertz CT molecular complexity index is 343. The Labute approximate surface area is 92.7 Å². The Morgan fingerprint density at radius 1 is 1.07 bits per heavy atom. The SMILES string of the molecule is CC(C)C(c1ccccc1)C(C)C#CN. The highest BCUT2D eigenvalue weighted by Crippen LogP contribution is 2.31. The van der Waals surface area contributed by atoms with E-state index in [9.17, 15) is 0 Å². The second kappa shape index (κ2) is 5.46. The summed E-state index contributed by atoms with van der Waals surface area (Å²) >= 11 is 0. The molecular formula is C14H19N. The summed E-state index contributed by atoms with van der Waals surface area (Å²) < 4.78 is 0. The first kappa shape index (κ1) is 11.7. The molecule has 0 saturated heterocycles. The molecule has 1 heteroatoms. The van der Waals surface area contributed by atoms with Crippen LogP contribution in [0.15, 0.2) is 30.3 Å². The molecule has 2 N–H and O–H groups in total. The van der Waals surface area contributed by atoms with Crippen molar-refractivity contribution in [3.63, 3.8) is 0 Å². The van der Waals surface area contributed by atoms with Gasteiger partial charge in [0.2, 0.25) is 0 Å². The molecule has 1 aromatic carbocycles. The zero-order valence-corrected chi connectivity index (χ0v) is 9.70. The van der Waals surface area contributed by atoms with Gasteiger partial charge in [0, 0.05) is 12.0 Å². The molecule has 0 spiro atoms. The number of hydrogen-bond acceptors (Lipinski definition) is 1. The van der Waals surface area contributed by atoms with Crippen LogP contribution in [0.2, 0.25) is 0 Å². The molecule has 15 heavy (non-hydrogen) atoms. The van der Waals surface area contributed by atoms with Crippen molar-refractivity contribution in [1.29, 1.82) is 0 Å². The van der Waals surface area contributed by atoms with Gasteiger partial charge in [0.15, 0.2) is 0 Å². The largest absolute Gasteiger partial charge is 0.359 e. The molecule has 0 aliphatic rings. The molecule has 1 aromatic rings. The highest BCUT2D eigenvalue weighted by molar-refractivity contribution is 5.23. The standard InChI is InChI=1S/C14H19N/c1-11(2)14(12(3)9-10-15)13-7-5-4-6-8-13/h4-8,11-12,14H,15H2,1-3H3. The van der Waals surface area contributed by atoms with E-state index in [1.807, 2.05) is 6.07 Å². The maximum atomic E-state index is 5.28. The fourth-order valence-corrected chi connectivity index (χ4v) is 2.15. The van der Waals surface area contributed by atoms with Crippen molar-refractivity contribution in [3.8, 4) is 12.0 Å². The molecule has 0 aliphatic carbocycles. The molecule has 0 saturated carbocycles. The van der Waals surface area contributed by atoms with Gasteiger partial charge in [0.25, 0.3) is 0 Å². The van der Waals surface area contributed by atoms with Gasteiger partial charge in [-0.05, 0) is 17.4 Å². The van der Waals surface area contributed by atoms with Crippen LogP contribution in [0, 0.1) is 23.8 Å². The van der Waals surface area contributed by atoms with E-state index in [0.29, 0.717) is 17.8 Å². The van der Waals surface area contributed by atoms with Crippen LogP contribution in [0.4, 0.5) is 0 Å². The molecule has 1 nitrogen and oxygen atoms in total. The lowest BCUT2D eigenvalue weighted by molar-refractivity contribution is 0.426. The lowest BCUT2D eigenvalue weighted by Crippen LogP contribution is -2.14. The Morgan fingerprint density at radius 2 is 1.67 bits per heavy atom. The van der Waals surface area contributed by atoms with Gasteiger partial charge < -0.3 is 5.73 Å². The van der Waals surface area contributed by atoms with Crippen LogP contribution >= 0.6 is 0 Å².